The van der Waals surface area contributed by atoms with Gasteiger partial charge in [-0.3, -0.25) is 0 Å². The number of carbonyl (C=O) groups is 1. The number of rotatable bonds is 4. The predicted octanol–water partition coefficient (Wildman–Crippen LogP) is 2.37. The standard InChI is InChI=1S/C15H17N3O2/c1-10-5-3-4-6-11(10)9-17-14-12(16)7-8-13(18-14)15(19)20-2/h3-8H,9,16H2,1-2H3,(H,17,18). The van der Waals surface area contributed by atoms with Crippen molar-refractivity contribution in [2.75, 3.05) is 18.2 Å². The first-order valence-electron chi connectivity index (χ1n) is 6.25. The van der Waals surface area contributed by atoms with E-state index >= 15 is 0 Å². The molecule has 0 saturated heterocycles. The molecular formula is C15H17N3O2. The van der Waals surface area contributed by atoms with Crippen molar-refractivity contribution in [2.45, 2.75) is 13.5 Å². The minimum atomic E-state index is -0.482. The maximum Gasteiger partial charge on any atom is 0.356 e. The van der Waals surface area contributed by atoms with Crippen molar-refractivity contribution in [1.29, 1.82) is 0 Å². The van der Waals surface area contributed by atoms with E-state index in [4.69, 9.17) is 5.73 Å². The summed E-state index contributed by atoms with van der Waals surface area (Å²) in [5, 5.41) is 3.15. The normalized spacial score (nSPS) is 10.1. The Morgan fingerprint density at radius 2 is 2.05 bits per heavy atom. The SMILES string of the molecule is COC(=O)c1ccc(N)c(NCc2ccccc2C)n1. The largest absolute Gasteiger partial charge is 0.464 e. The van der Waals surface area contributed by atoms with Crippen molar-refractivity contribution in [3.8, 4) is 0 Å². The number of nitrogens with zero attached hydrogens (tertiary/aromatic N) is 1. The number of nitrogens with one attached hydrogen (secondary N) is 1. The van der Waals surface area contributed by atoms with Gasteiger partial charge in [-0.2, -0.15) is 0 Å². The quantitative estimate of drug-likeness (QED) is 0.835. The van der Waals surface area contributed by atoms with Crippen LogP contribution < -0.4 is 11.1 Å². The molecule has 0 amide bonds. The molecule has 0 atom stereocenters. The van der Waals surface area contributed by atoms with Gasteiger partial charge in [0.2, 0.25) is 0 Å². The van der Waals surface area contributed by atoms with E-state index in [-0.39, 0.29) is 5.69 Å². The topological polar surface area (TPSA) is 77.2 Å². The van der Waals surface area contributed by atoms with Crippen molar-refractivity contribution >= 4 is 17.5 Å². The summed E-state index contributed by atoms with van der Waals surface area (Å²) in [6.07, 6.45) is 0. The molecule has 0 aliphatic carbocycles. The molecule has 5 heteroatoms. The van der Waals surface area contributed by atoms with Crippen LogP contribution in [-0.2, 0) is 11.3 Å². The highest BCUT2D eigenvalue weighted by atomic mass is 16.5. The number of benzene rings is 1. The highest BCUT2D eigenvalue weighted by Crippen LogP contribution is 2.18. The van der Waals surface area contributed by atoms with Gasteiger partial charge in [0.1, 0.15) is 5.82 Å². The molecule has 0 aliphatic rings. The molecule has 2 rings (SSSR count). The van der Waals surface area contributed by atoms with Crippen molar-refractivity contribution in [1.82, 2.24) is 4.98 Å². The van der Waals surface area contributed by atoms with Gasteiger partial charge in [0.05, 0.1) is 12.8 Å². The highest BCUT2D eigenvalue weighted by Gasteiger charge is 2.10. The number of esters is 1. The fourth-order valence-electron chi connectivity index (χ4n) is 1.82. The van der Waals surface area contributed by atoms with Crippen LogP contribution in [-0.4, -0.2) is 18.1 Å². The lowest BCUT2D eigenvalue weighted by Crippen LogP contribution is -2.10. The third-order valence-electron chi connectivity index (χ3n) is 3.03. The number of methoxy groups -OCH3 is 1. The van der Waals surface area contributed by atoms with Crippen LogP contribution >= 0.6 is 0 Å². The monoisotopic (exact) mass is 271 g/mol. The second-order valence-electron chi connectivity index (χ2n) is 4.41. The van der Waals surface area contributed by atoms with Crippen LogP contribution in [0.3, 0.4) is 0 Å². The fourth-order valence-corrected chi connectivity index (χ4v) is 1.82. The third-order valence-corrected chi connectivity index (χ3v) is 3.03. The number of ether oxygens (including phenoxy) is 1. The van der Waals surface area contributed by atoms with E-state index in [1.807, 2.05) is 31.2 Å². The molecule has 2 aromatic rings. The second kappa shape index (κ2) is 6.06. The molecule has 1 aromatic heterocycles. The molecule has 0 radical (unpaired) electrons. The zero-order valence-corrected chi connectivity index (χ0v) is 11.5. The van der Waals surface area contributed by atoms with E-state index in [9.17, 15) is 4.79 Å². The fraction of sp³-hybridized carbons (Fsp3) is 0.200. The van der Waals surface area contributed by atoms with Gasteiger partial charge in [-0.15, -0.1) is 0 Å². The molecule has 1 aromatic carbocycles. The zero-order valence-electron chi connectivity index (χ0n) is 11.5. The Kier molecular flexibility index (Phi) is 4.20. The molecule has 0 spiro atoms. The minimum absolute atomic E-state index is 0.231. The smallest absolute Gasteiger partial charge is 0.356 e. The molecule has 104 valence electrons. The lowest BCUT2D eigenvalue weighted by Gasteiger charge is -2.11. The van der Waals surface area contributed by atoms with Gasteiger partial charge in [0, 0.05) is 6.54 Å². The molecule has 0 aliphatic heterocycles. The van der Waals surface area contributed by atoms with Crippen molar-refractivity contribution in [3.05, 3.63) is 53.2 Å². The first-order chi connectivity index (χ1) is 9.61. The van der Waals surface area contributed by atoms with E-state index in [2.05, 4.69) is 15.0 Å². The molecular weight excluding hydrogens is 254 g/mol. The van der Waals surface area contributed by atoms with Crippen molar-refractivity contribution in [3.63, 3.8) is 0 Å². The van der Waals surface area contributed by atoms with Gasteiger partial charge in [0.25, 0.3) is 0 Å². The van der Waals surface area contributed by atoms with E-state index in [1.165, 1.54) is 12.7 Å². The summed E-state index contributed by atoms with van der Waals surface area (Å²) in [6.45, 7) is 2.63. The van der Waals surface area contributed by atoms with E-state index in [0.717, 1.165) is 5.56 Å². The number of nitrogen functional groups attached to an aromatic ring is 1. The second-order valence-corrected chi connectivity index (χ2v) is 4.41. The Bertz CT molecular complexity index is 626. The molecule has 1 heterocycles. The van der Waals surface area contributed by atoms with Crippen LogP contribution in [0.15, 0.2) is 36.4 Å². The maximum absolute atomic E-state index is 11.5. The highest BCUT2D eigenvalue weighted by molar-refractivity contribution is 5.88. The van der Waals surface area contributed by atoms with Gasteiger partial charge in [0.15, 0.2) is 5.69 Å². The Labute approximate surface area is 117 Å². The summed E-state index contributed by atoms with van der Waals surface area (Å²) >= 11 is 0. The number of aromatic nitrogens is 1. The molecule has 0 unspecified atom stereocenters. The van der Waals surface area contributed by atoms with Crippen molar-refractivity contribution in [2.24, 2.45) is 0 Å². The van der Waals surface area contributed by atoms with E-state index in [0.29, 0.717) is 18.1 Å². The average Bonchev–Trinajstić information content (AvgIpc) is 2.47. The first-order valence-corrected chi connectivity index (χ1v) is 6.25. The summed E-state index contributed by atoms with van der Waals surface area (Å²) in [7, 11) is 1.32. The Morgan fingerprint density at radius 1 is 1.30 bits per heavy atom. The first kappa shape index (κ1) is 13.9. The van der Waals surface area contributed by atoms with Crippen LogP contribution in [0.1, 0.15) is 21.6 Å². The van der Waals surface area contributed by atoms with Crippen LogP contribution in [0.4, 0.5) is 11.5 Å². The van der Waals surface area contributed by atoms with Crippen molar-refractivity contribution < 1.29 is 9.53 Å². The summed E-state index contributed by atoms with van der Waals surface area (Å²) in [6, 6.07) is 11.2. The molecule has 3 N–H and O–H groups in total. The number of hydrogen-bond acceptors (Lipinski definition) is 5. The number of aryl methyl sites for hydroxylation is 1. The van der Waals surface area contributed by atoms with E-state index < -0.39 is 5.97 Å². The molecule has 20 heavy (non-hydrogen) atoms. The molecule has 5 nitrogen and oxygen atoms in total. The summed E-state index contributed by atoms with van der Waals surface area (Å²) in [4.78, 5) is 15.6. The zero-order chi connectivity index (χ0) is 14.5. The number of hydrogen-bond donors (Lipinski definition) is 2. The molecule has 0 saturated carbocycles. The predicted molar refractivity (Wildman–Crippen MR) is 78.5 cm³/mol. The van der Waals surface area contributed by atoms with Crippen LogP contribution in [0.25, 0.3) is 0 Å². The van der Waals surface area contributed by atoms with Gasteiger partial charge in [-0.25, -0.2) is 9.78 Å². The lowest BCUT2D eigenvalue weighted by atomic mass is 10.1. The molecule has 0 bridgehead atoms. The Balaban J connectivity index is 2.17. The lowest BCUT2D eigenvalue weighted by molar-refractivity contribution is 0.0594. The van der Waals surface area contributed by atoms with Crippen LogP contribution in [0.2, 0.25) is 0 Å². The summed E-state index contributed by atoms with van der Waals surface area (Å²) < 4.78 is 4.64. The Hall–Kier alpha value is -2.56. The van der Waals surface area contributed by atoms with Crippen LogP contribution in [0.5, 0.6) is 0 Å². The summed E-state index contributed by atoms with van der Waals surface area (Å²) in [5.41, 5.74) is 8.91. The third kappa shape index (κ3) is 3.06. The van der Waals surface area contributed by atoms with Gasteiger partial charge in [-0.1, -0.05) is 24.3 Å². The minimum Gasteiger partial charge on any atom is -0.464 e. The number of carbonyl (C=O) groups excluding carboxylic acids is 1. The van der Waals surface area contributed by atoms with Crippen LogP contribution in [0, 0.1) is 6.92 Å². The number of nitrogens with two attached hydrogens (primary N) is 1. The van der Waals surface area contributed by atoms with Gasteiger partial charge < -0.3 is 15.8 Å². The maximum atomic E-state index is 11.5. The average molecular weight is 271 g/mol. The number of pyridine rings is 1. The van der Waals surface area contributed by atoms with E-state index in [1.54, 1.807) is 12.1 Å². The van der Waals surface area contributed by atoms with Gasteiger partial charge >= 0.3 is 5.97 Å². The summed E-state index contributed by atoms with van der Waals surface area (Å²) in [5.74, 6) is 0.0000877. The Morgan fingerprint density at radius 3 is 2.75 bits per heavy atom. The molecule has 0 fully saturated rings. The number of anilines is 2. The van der Waals surface area contributed by atoms with Gasteiger partial charge in [-0.05, 0) is 30.2 Å².